The number of hydrogen-bond donors (Lipinski definition) is 1. The van der Waals surface area contributed by atoms with Crippen LogP contribution in [0, 0.1) is 5.92 Å². The molecule has 8 nitrogen and oxygen atoms in total. The van der Waals surface area contributed by atoms with Gasteiger partial charge in [-0.3, -0.25) is 14.5 Å². The molecular formula is C23H34N6O2S. The predicted octanol–water partition coefficient (Wildman–Crippen LogP) is 2.24. The lowest BCUT2D eigenvalue weighted by Gasteiger charge is -2.34. The maximum Gasteiger partial charge on any atom is 0.278 e. The summed E-state index contributed by atoms with van der Waals surface area (Å²) in [6, 6.07) is 0.630. The molecular weight excluding hydrogens is 424 g/mol. The zero-order chi connectivity index (χ0) is 22.1. The quantitative estimate of drug-likeness (QED) is 0.740. The summed E-state index contributed by atoms with van der Waals surface area (Å²) in [6.07, 6.45) is 9.37. The van der Waals surface area contributed by atoms with E-state index in [9.17, 15) is 9.59 Å². The standard InChI is InChI=1S/C23H34N6O2S/c1-16-6-4-5-12-27(16)15-11-24-20(30)17-9-13-28(14-10-17)23-26-29-21(31)18-7-2-3-8-19(18)25-22(29)32-23/h16-17H,2-15H2,1H3,(H,24,30). The van der Waals surface area contributed by atoms with E-state index in [4.69, 9.17) is 4.98 Å². The maximum atomic E-state index is 12.8. The van der Waals surface area contributed by atoms with Gasteiger partial charge in [0, 0.05) is 43.7 Å². The molecule has 0 saturated carbocycles. The molecule has 1 unspecified atom stereocenters. The Morgan fingerprint density at radius 1 is 1.09 bits per heavy atom. The number of amides is 1. The Balaban J connectivity index is 1.16. The summed E-state index contributed by atoms with van der Waals surface area (Å²) >= 11 is 1.49. The van der Waals surface area contributed by atoms with Crippen molar-refractivity contribution >= 4 is 27.3 Å². The van der Waals surface area contributed by atoms with Crippen molar-refractivity contribution in [1.29, 1.82) is 0 Å². The molecule has 1 aliphatic carbocycles. The van der Waals surface area contributed by atoms with Crippen LogP contribution in [0.3, 0.4) is 0 Å². The van der Waals surface area contributed by atoms with E-state index in [-0.39, 0.29) is 17.4 Å². The summed E-state index contributed by atoms with van der Waals surface area (Å²) in [6.45, 7) is 6.70. The number of carbonyl (C=O) groups excluding carboxylic acids is 1. The number of carbonyl (C=O) groups is 1. The number of aromatic nitrogens is 3. The van der Waals surface area contributed by atoms with Crippen LogP contribution in [0.1, 0.15) is 63.1 Å². The van der Waals surface area contributed by atoms with Gasteiger partial charge in [0.15, 0.2) is 0 Å². The molecule has 1 atom stereocenters. The second kappa shape index (κ2) is 9.47. The van der Waals surface area contributed by atoms with Crippen molar-refractivity contribution in [1.82, 2.24) is 24.8 Å². The predicted molar refractivity (Wildman–Crippen MR) is 127 cm³/mol. The zero-order valence-electron chi connectivity index (χ0n) is 19.0. The lowest BCUT2D eigenvalue weighted by Crippen LogP contribution is -2.45. The molecule has 2 aliphatic heterocycles. The number of rotatable bonds is 5. The SMILES string of the molecule is CC1CCCCN1CCNC(=O)C1CCN(c2nn3c(=O)c4c(nc3s2)CCCC4)CC1. The van der Waals surface area contributed by atoms with Crippen molar-refractivity contribution in [3.63, 3.8) is 0 Å². The highest BCUT2D eigenvalue weighted by Crippen LogP contribution is 2.28. The van der Waals surface area contributed by atoms with Gasteiger partial charge < -0.3 is 10.2 Å². The number of likely N-dealkylation sites (tertiary alicyclic amines) is 1. The smallest absolute Gasteiger partial charge is 0.278 e. The van der Waals surface area contributed by atoms with E-state index in [0.29, 0.717) is 11.0 Å². The van der Waals surface area contributed by atoms with E-state index in [1.54, 1.807) is 0 Å². The van der Waals surface area contributed by atoms with Crippen LogP contribution in [0.5, 0.6) is 0 Å². The average Bonchev–Trinajstić information content (AvgIpc) is 3.25. The van der Waals surface area contributed by atoms with Crippen LogP contribution in [0.4, 0.5) is 5.13 Å². The first-order valence-corrected chi connectivity index (χ1v) is 13.1. The van der Waals surface area contributed by atoms with Gasteiger partial charge in [-0.2, -0.15) is 4.52 Å². The number of nitrogens with one attached hydrogen (secondary N) is 1. The molecule has 4 heterocycles. The van der Waals surface area contributed by atoms with E-state index in [0.717, 1.165) is 87.6 Å². The van der Waals surface area contributed by atoms with Crippen molar-refractivity contribution in [2.45, 2.75) is 70.8 Å². The Morgan fingerprint density at radius 2 is 1.91 bits per heavy atom. The van der Waals surface area contributed by atoms with Crippen molar-refractivity contribution in [3.8, 4) is 0 Å². The van der Waals surface area contributed by atoms with Crippen molar-refractivity contribution in [2.24, 2.45) is 5.92 Å². The maximum absolute atomic E-state index is 12.8. The molecule has 2 aromatic heterocycles. The minimum Gasteiger partial charge on any atom is -0.355 e. The fourth-order valence-corrected chi connectivity index (χ4v) is 6.34. The zero-order valence-corrected chi connectivity index (χ0v) is 19.8. The average molecular weight is 459 g/mol. The summed E-state index contributed by atoms with van der Waals surface area (Å²) in [7, 11) is 0. The highest BCUT2D eigenvalue weighted by atomic mass is 32.1. The Hall–Kier alpha value is -2.00. The van der Waals surface area contributed by atoms with Gasteiger partial charge in [0.1, 0.15) is 0 Å². The van der Waals surface area contributed by atoms with Crippen LogP contribution in [0.25, 0.3) is 4.96 Å². The van der Waals surface area contributed by atoms with Crippen LogP contribution in [-0.2, 0) is 17.6 Å². The highest BCUT2D eigenvalue weighted by molar-refractivity contribution is 7.20. The first-order chi connectivity index (χ1) is 15.6. The van der Waals surface area contributed by atoms with Crippen LogP contribution < -0.4 is 15.8 Å². The minimum atomic E-state index is 0.00416. The number of anilines is 1. The van der Waals surface area contributed by atoms with Gasteiger partial charge in [-0.25, -0.2) is 4.98 Å². The molecule has 32 heavy (non-hydrogen) atoms. The molecule has 5 rings (SSSR count). The highest BCUT2D eigenvalue weighted by Gasteiger charge is 2.28. The molecule has 3 aliphatic rings. The molecule has 0 spiro atoms. The number of hydrogen-bond acceptors (Lipinski definition) is 7. The van der Waals surface area contributed by atoms with E-state index in [1.807, 2.05) is 0 Å². The summed E-state index contributed by atoms with van der Waals surface area (Å²) in [5.74, 6) is 0.247. The summed E-state index contributed by atoms with van der Waals surface area (Å²) in [5, 5.41) is 8.61. The third-order valence-corrected chi connectivity index (χ3v) is 8.41. The molecule has 2 aromatic rings. The number of nitrogens with zero attached hydrogens (tertiary/aromatic N) is 5. The molecule has 2 fully saturated rings. The van der Waals surface area contributed by atoms with Gasteiger partial charge in [-0.15, -0.1) is 5.10 Å². The van der Waals surface area contributed by atoms with E-state index in [1.165, 1.54) is 35.1 Å². The van der Waals surface area contributed by atoms with Gasteiger partial charge >= 0.3 is 0 Å². The normalized spacial score (nSPS) is 22.8. The van der Waals surface area contributed by atoms with Crippen LogP contribution in [0.2, 0.25) is 0 Å². The molecule has 1 N–H and O–H groups in total. The second-order valence-corrected chi connectivity index (χ2v) is 10.5. The first-order valence-electron chi connectivity index (χ1n) is 12.3. The monoisotopic (exact) mass is 458 g/mol. The summed E-state index contributed by atoms with van der Waals surface area (Å²) < 4.78 is 1.49. The molecule has 0 bridgehead atoms. The molecule has 1 amide bonds. The first kappa shape index (κ1) is 21.8. The van der Waals surface area contributed by atoms with Gasteiger partial charge in [-0.1, -0.05) is 17.8 Å². The fraction of sp³-hybridized carbons (Fsp3) is 0.739. The lowest BCUT2D eigenvalue weighted by molar-refractivity contribution is -0.125. The van der Waals surface area contributed by atoms with Gasteiger partial charge in [0.25, 0.3) is 5.56 Å². The second-order valence-electron chi connectivity index (χ2n) is 9.56. The number of fused-ring (bicyclic) bond motifs is 2. The van der Waals surface area contributed by atoms with E-state index < -0.39 is 0 Å². The number of piperidine rings is 2. The topological polar surface area (TPSA) is 82.8 Å². The van der Waals surface area contributed by atoms with Gasteiger partial charge in [0.05, 0.1) is 5.69 Å². The van der Waals surface area contributed by atoms with E-state index >= 15 is 0 Å². The third kappa shape index (κ3) is 4.41. The Labute approximate surface area is 193 Å². The van der Waals surface area contributed by atoms with Crippen LogP contribution in [-0.4, -0.2) is 64.2 Å². The minimum absolute atomic E-state index is 0.00416. The van der Waals surface area contributed by atoms with Gasteiger partial charge in [0.2, 0.25) is 16.0 Å². The van der Waals surface area contributed by atoms with E-state index in [2.05, 4.69) is 27.1 Å². The number of aryl methyl sites for hydroxylation is 1. The molecule has 174 valence electrons. The molecule has 0 radical (unpaired) electrons. The Kier molecular flexibility index (Phi) is 6.46. The van der Waals surface area contributed by atoms with Gasteiger partial charge in [-0.05, 0) is 64.8 Å². The fourth-order valence-electron chi connectivity index (χ4n) is 5.38. The summed E-state index contributed by atoms with van der Waals surface area (Å²) in [5.41, 5.74) is 1.81. The lowest BCUT2D eigenvalue weighted by atomic mass is 9.96. The largest absolute Gasteiger partial charge is 0.355 e. The molecule has 2 saturated heterocycles. The summed E-state index contributed by atoms with van der Waals surface area (Å²) in [4.78, 5) is 35.6. The molecule has 9 heteroatoms. The third-order valence-electron chi connectivity index (χ3n) is 7.44. The Morgan fingerprint density at radius 3 is 2.72 bits per heavy atom. The van der Waals surface area contributed by atoms with Crippen LogP contribution >= 0.6 is 11.3 Å². The van der Waals surface area contributed by atoms with Crippen molar-refractivity contribution in [3.05, 3.63) is 21.6 Å². The van der Waals surface area contributed by atoms with Crippen molar-refractivity contribution in [2.75, 3.05) is 37.6 Å². The Bertz CT molecular complexity index is 1030. The molecule has 0 aromatic carbocycles. The van der Waals surface area contributed by atoms with Crippen molar-refractivity contribution < 1.29 is 4.79 Å². The van der Waals surface area contributed by atoms with Crippen LogP contribution in [0.15, 0.2) is 4.79 Å².